The maximum Gasteiger partial charge on any atom is 0.437 e. The van der Waals surface area contributed by atoms with Crippen molar-refractivity contribution in [3.8, 4) is 11.5 Å². The number of benzene rings is 1. The number of hydrogen-bond donors (Lipinski definition) is 1. The van der Waals surface area contributed by atoms with E-state index in [4.69, 9.17) is 5.11 Å². The van der Waals surface area contributed by atoms with Crippen LogP contribution in [0.1, 0.15) is 16.2 Å². The minimum Gasteiger partial charge on any atom is -0.475 e. The fraction of sp³-hybridized carbons (Fsp3) is 0.0909. The number of rotatable bonds is 2. The van der Waals surface area contributed by atoms with Crippen LogP contribution in [0.4, 0.5) is 17.6 Å². The third-order valence-electron chi connectivity index (χ3n) is 2.27. The Labute approximate surface area is 117 Å². The maximum absolute atomic E-state index is 13.8. The molecule has 2 aromatic rings. The number of carbonyl (C=O) groups is 1. The van der Waals surface area contributed by atoms with Gasteiger partial charge in [0, 0.05) is 0 Å². The standard InChI is InChI=1S/C11H4BrF4NO3/c12-5-3-1-2-4(6(5)13)9-17-8(11(14,15)16)7(20-9)10(18)19/h1-3H,(H,18,19). The molecule has 0 radical (unpaired) electrons. The molecule has 0 bridgehead atoms. The van der Waals surface area contributed by atoms with E-state index in [1.54, 1.807) is 0 Å². The normalized spacial score (nSPS) is 11.7. The Bertz CT molecular complexity index is 681. The summed E-state index contributed by atoms with van der Waals surface area (Å²) in [4.78, 5) is 13.8. The van der Waals surface area contributed by atoms with Crippen molar-refractivity contribution in [1.82, 2.24) is 4.98 Å². The van der Waals surface area contributed by atoms with Crippen molar-refractivity contribution in [2.75, 3.05) is 0 Å². The van der Waals surface area contributed by atoms with Gasteiger partial charge in [0.15, 0.2) is 5.69 Å². The summed E-state index contributed by atoms with van der Waals surface area (Å²) in [5, 5.41) is 8.68. The number of halogens is 5. The monoisotopic (exact) mass is 353 g/mol. The van der Waals surface area contributed by atoms with Gasteiger partial charge in [0.1, 0.15) is 5.82 Å². The zero-order chi connectivity index (χ0) is 15.1. The highest BCUT2D eigenvalue weighted by Gasteiger charge is 2.41. The lowest BCUT2D eigenvalue weighted by Crippen LogP contribution is -2.11. The van der Waals surface area contributed by atoms with Gasteiger partial charge in [0.2, 0.25) is 11.7 Å². The molecular formula is C11H4BrF4NO3. The number of oxazole rings is 1. The summed E-state index contributed by atoms with van der Waals surface area (Å²) in [7, 11) is 0. The SMILES string of the molecule is O=C(O)c1oc(-c2cccc(Br)c2F)nc1C(F)(F)F. The molecule has 1 aromatic carbocycles. The van der Waals surface area contributed by atoms with Crippen molar-refractivity contribution in [3.05, 3.63) is 39.9 Å². The summed E-state index contributed by atoms with van der Waals surface area (Å²) >= 11 is 2.85. The molecule has 2 rings (SSSR count). The Kier molecular flexibility index (Phi) is 3.55. The molecule has 106 valence electrons. The van der Waals surface area contributed by atoms with Gasteiger partial charge in [-0.3, -0.25) is 0 Å². The summed E-state index contributed by atoms with van der Waals surface area (Å²) in [6.45, 7) is 0. The van der Waals surface area contributed by atoms with Crippen LogP contribution < -0.4 is 0 Å². The van der Waals surface area contributed by atoms with Crippen molar-refractivity contribution >= 4 is 21.9 Å². The third kappa shape index (κ3) is 2.53. The molecule has 0 saturated heterocycles. The van der Waals surface area contributed by atoms with Gasteiger partial charge < -0.3 is 9.52 Å². The van der Waals surface area contributed by atoms with E-state index in [9.17, 15) is 22.4 Å². The van der Waals surface area contributed by atoms with Gasteiger partial charge in [-0.1, -0.05) is 6.07 Å². The van der Waals surface area contributed by atoms with E-state index in [0.29, 0.717) is 0 Å². The van der Waals surface area contributed by atoms with Crippen LogP contribution >= 0.6 is 15.9 Å². The van der Waals surface area contributed by atoms with Crippen molar-refractivity contribution in [2.45, 2.75) is 6.18 Å². The summed E-state index contributed by atoms with van der Waals surface area (Å²) in [6.07, 6.45) is -5.02. The van der Waals surface area contributed by atoms with E-state index in [1.165, 1.54) is 12.1 Å². The van der Waals surface area contributed by atoms with Crippen molar-refractivity contribution < 1.29 is 31.9 Å². The predicted octanol–water partition coefficient (Wildman–Crippen LogP) is 3.96. The van der Waals surface area contributed by atoms with E-state index < -0.39 is 35.3 Å². The number of alkyl halides is 3. The topological polar surface area (TPSA) is 63.3 Å². The molecule has 0 aliphatic heterocycles. The summed E-state index contributed by atoms with van der Waals surface area (Å²) in [5.41, 5.74) is -2.09. The molecule has 20 heavy (non-hydrogen) atoms. The first-order chi connectivity index (χ1) is 9.21. The van der Waals surface area contributed by atoms with E-state index in [1.807, 2.05) is 0 Å². The highest BCUT2D eigenvalue weighted by molar-refractivity contribution is 9.10. The first kappa shape index (κ1) is 14.5. The smallest absolute Gasteiger partial charge is 0.437 e. The van der Waals surface area contributed by atoms with Gasteiger partial charge in [0.25, 0.3) is 0 Å². The van der Waals surface area contributed by atoms with Crippen LogP contribution in [-0.2, 0) is 6.18 Å². The first-order valence-corrected chi connectivity index (χ1v) is 5.77. The van der Waals surface area contributed by atoms with Crippen LogP contribution in [0.25, 0.3) is 11.5 Å². The highest BCUT2D eigenvalue weighted by atomic mass is 79.9. The average molecular weight is 354 g/mol. The fourth-order valence-corrected chi connectivity index (χ4v) is 1.81. The van der Waals surface area contributed by atoms with E-state index in [-0.39, 0.29) is 10.0 Å². The summed E-state index contributed by atoms with van der Waals surface area (Å²) < 4.78 is 56.2. The van der Waals surface area contributed by atoms with Crippen molar-refractivity contribution in [3.63, 3.8) is 0 Å². The van der Waals surface area contributed by atoms with Gasteiger partial charge in [0.05, 0.1) is 10.0 Å². The zero-order valence-electron chi connectivity index (χ0n) is 9.33. The van der Waals surface area contributed by atoms with Gasteiger partial charge >= 0.3 is 12.1 Å². The van der Waals surface area contributed by atoms with E-state index in [2.05, 4.69) is 25.3 Å². The second-order valence-corrected chi connectivity index (χ2v) is 4.46. The molecule has 1 aromatic heterocycles. The largest absolute Gasteiger partial charge is 0.475 e. The average Bonchev–Trinajstić information content (AvgIpc) is 2.77. The molecular weight excluding hydrogens is 350 g/mol. The number of aromatic nitrogens is 1. The van der Waals surface area contributed by atoms with Crippen LogP contribution in [0, 0.1) is 5.82 Å². The molecule has 0 saturated carbocycles. The number of carboxylic acids is 1. The second-order valence-electron chi connectivity index (χ2n) is 3.60. The molecule has 1 N–H and O–H groups in total. The second kappa shape index (κ2) is 4.89. The quantitative estimate of drug-likeness (QED) is 0.830. The molecule has 0 aliphatic rings. The molecule has 4 nitrogen and oxygen atoms in total. The number of carboxylic acid groups (broad SMARTS) is 1. The molecule has 0 fully saturated rings. The summed E-state index contributed by atoms with van der Waals surface area (Å²) in [6, 6.07) is 3.79. The minimum atomic E-state index is -5.02. The van der Waals surface area contributed by atoms with E-state index >= 15 is 0 Å². The molecule has 0 amide bonds. The lowest BCUT2D eigenvalue weighted by Gasteiger charge is -2.01. The number of aromatic carboxylic acids is 1. The van der Waals surface area contributed by atoms with Crippen LogP contribution in [0.3, 0.4) is 0 Å². The Balaban J connectivity index is 2.65. The van der Waals surface area contributed by atoms with Crippen LogP contribution in [-0.4, -0.2) is 16.1 Å². The Hall–Kier alpha value is -1.90. The Morgan fingerprint density at radius 2 is 2.00 bits per heavy atom. The van der Waals surface area contributed by atoms with Crippen LogP contribution in [0.2, 0.25) is 0 Å². The first-order valence-electron chi connectivity index (χ1n) is 4.97. The molecule has 0 aliphatic carbocycles. The van der Waals surface area contributed by atoms with Gasteiger partial charge in [-0.2, -0.15) is 13.2 Å². The van der Waals surface area contributed by atoms with Gasteiger partial charge in [-0.05, 0) is 28.1 Å². The lowest BCUT2D eigenvalue weighted by molar-refractivity contribution is -0.141. The third-order valence-corrected chi connectivity index (χ3v) is 2.88. The van der Waals surface area contributed by atoms with Crippen molar-refractivity contribution in [2.24, 2.45) is 0 Å². The molecule has 9 heteroatoms. The van der Waals surface area contributed by atoms with Gasteiger partial charge in [-0.15, -0.1) is 0 Å². The van der Waals surface area contributed by atoms with Crippen LogP contribution in [0.15, 0.2) is 27.1 Å². The Morgan fingerprint density at radius 3 is 2.50 bits per heavy atom. The summed E-state index contributed by atoms with van der Waals surface area (Å²) in [5.74, 6) is -4.98. The molecule has 1 heterocycles. The fourth-order valence-electron chi connectivity index (χ4n) is 1.44. The van der Waals surface area contributed by atoms with Crippen molar-refractivity contribution in [1.29, 1.82) is 0 Å². The van der Waals surface area contributed by atoms with E-state index in [0.717, 1.165) is 6.07 Å². The minimum absolute atomic E-state index is 0.0152. The molecule has 0 unspecified atom stereocenters. The Morgan fingerprint density at radius 1 is 1.35 bits per heavy atom. The zero-order valence-corrected chi connectivity index (χ0v) is 10.9. The number of hydrogen-bond acceptors (Lipinski definition) is 3. The number of nitrogens with zero attached hydrogens (tertiary/aromatic N) is 1. The highest BCUT2D eigenvalue weighted by Crippen LogP contribution is 2.35. The lowest BCUT2D eigenvalue weighted by atomic mass is 10.2. The predicted molar refractivity (Wildman–Crippen MR) is 61.6 cm³/mol. The van der Waals surface area contributed by atoms with Crippen LogP contribution in [0.5, 0.6) is 0 Å². The van der Waals surface area contributed by atoms with Gasteiger partial charge in [-0.25, -0.2) is 14.2 Å². The molecule has 0 spiro atoms. The molecule has 0 atom stereocenters. The maximum atomic E-state index is 13.8.